The Hall–Kier alpha value is -3.43. The number of aliphatic carboxylic acids is 1. The summed E-state index contributed by atoms with van der Waals surface area (Å²) in [5.41, 5.74) is 4.58. The number of hydrogen-bond donors (Lipinski definition) is 4. The Labute approximate surface area is 185 Å². The van der Waals surface area contributed by atoms with Crippen molar-refractivity contribution in [1.82, 2.24) is 10.6 Å². The summed E-state index contributed by atoms with van der Waals surface area (Å²) in [6.45, 7) is -0.0506. The summed E-state index contributed by atoms with van der Waals surface area (Å²) in [6.07, 6.45) is -0.616. The second kappa shape index (κ2) is 11.3. The highest BCUT2D eigenvalue weighted by Crippen LogP contribution is 2.44. The van der Waals surface area contributed by atoms with Gasteiger partial charge in [0.25, 0.3) is 0 Å². The zero-order valence-electron chi connectivity index (χ0n) is 17.5. The fourth-order valence-corrected chi connectivity index (χ4v) is 3.59. The zero-order chi connectivity index (χ0) is 22.9. The molecule has 0 fully saturated rings. The lowest BCUT2D eigenvalue weighted by Crippen LogP contribution is -2.43. The van der Waals surface area contributed by atoms with Crippen molar-refractivity contribution in [2.24, 2.45) is 0 Å². The van der Waals surface area contributed by atoms with Gasteiger partial charge in [0.15, 0.2) is 0 Å². The van der Waals surface area contributed by atoms with Gasteiger partial charge in [0, 0.05) is 18.9 Å². The van der Waals surface area contributed by atoms with Crippen molar-refractivity contribution in [2.75, 3.05) is 33.0 Å². The van der Waals surface area contributed by atoms with Gasteiger partial charge in [-0.1, -0.05) is 48.5 Å². The van der Waals surface area contributed by atoms with Gasteiger partial charge in [-0.15, -0.1) is 0 Å². The third-order valence-electron chi connectivity index (χ3n) is 5.15. The first-order valence-corrected chi connectivity index (χ1v) is 10.3. The molecule has 2 aromatic rings. The highest BCUT2D eigenvalue weighted by Gasteiger charge is 2.28. The fourth-order valence-electron chi connectivity index (χ4n) is 3.59. The second-order valence-electron chi connectivity index (χ2n) is 7.26. The van der Waals surface area contributed by atoms with Crippen molar-refractivity contribution >= 4 is 18.0 Å². The Bertz CT molecular complexity index is 917. The van der Waals surface area contributed by atoms with Crippen LogP contribution in [-0.4, -0.2) is 67.2 Å². The Morgan fingerprint density at radius 2 is 1.59 bits per heavy atom. The minimum absolute atomic E-state index is 0.0172. The van der Waals surface area contributed by atoms with Gasteiger partial charge in [0.1, 0.15) is 12.6 Å². The molecule has 0 unspecified atom stereocenters. The molecule has 0 aromatic heterocycles. The van der Waals surface area contributed by atoms with Crippen LogP contribution in [0.3, 0.4) is 0 Å². The molecular formula is C23H26N2O7. The van der Waals surface area contributed by atoms with Gasteiger partial charge in [-0.05, 0) is 22.3 Å². The van der Waals surface area contributed by atoms with Gasteiger partial charge in [0.2, 0.25) is 5.91 Å². The summed E-state index contributed by atoms with van der Waals surface area (Å²) >= 11 is 0. The normalized spacial score (nSPS) is 13.0. The molecule has 2 aromatic carbocycles. The molecule has 9 heteroatoms. The molecule has 32 heavy (non-hydrogen) atoms. The van der Waals surface area contributed by atoms with Crippen molar-refractivity contribution in [3.63, 3.8) is 0 Å². The first-order chi connectivity index (χ1) is 15.5. The quantitative estimate of drug-likeness (QED) is 0.387. The van der Waals surface area contributed by atoms with E-state index >= 15 is 0 Å². The van der Waals surface area contributed by atoms with Gasteiger partial charge >= 0.3 is 12.1 Å². The SMILES string of the molecule is O=C(CCOCCNC(=O)OCC1c2ccccc2-c2ccccc21)N[C@@H](CO)C(=O)O. The van der Waals surface area contributed by atoms with Crippen LogP contribution >= 0.6 is 0 Å². The molecule has 0 saturated carbocycles. The van der Waals surface area contributed by atoms with Crippen molar-refractivity contribution in [3.8, 4) is 11.1 Å². The molecule has 1 aliphatic rings. The number of ether oxygens (including phenoxy) is 2. The third-order valence-corrected chi connectivity index (χ3v) is 5.15. The van der Waals surface area contributed by atoms with Gasteiger partial charge < -0.3 is 30.3 Å². The Balaban J connectivity index is 1.34. The van der Waals surface area contributed by atoms with E-state index < -0.39 is 30.6 Å². The van der Waals surface area contributed by atoms with E-state index in [4.69, 9.17) is 19.7 Å². The van der Waals surface area contributed by atoms with Crippen LogP contribution in [-0.2, 0) is 19.1 Å². The molecule has 1 aliphatic carbocycles. The van der Waals surface area contributed by atoms with E-state index in [-0.39, 0.29) is 38.7 Å². The van der Waals surface area contributed by atoms with E-state index in [1.54, 1.807) is 0 Å². The van der Waals surface area contributed by atoms with E-state index in [0.29, 0.717) is 0 Å². The summed E-state index contributed by atoms with van der Waals surface area (Å²) < 4.78 is 10.7. The standard InChI is InChI=1S/C23H26N2O7/c26-13-20(22(28)29)25-21(27)9-11-31-12-10-24-23(30)32-14-19-17-7-3-1-5-15(17)16-6-2-4-8-18(16)19/h1-8,19-20,26H,9-14H2,(H,24,30)(H,25,27)(H,28,29)/t20-/m0/s1. The van der Waals surface area contributed by atoms with E-state index in [0.717, 1.165) is 22.3 Å². The largest absolute Gasteiger partial charge is 0.480 e. The summed E-state index contributed by atoms with van der Waals surface area (Å²) in [7, 11) is 0. The molecular weight excluding hydrogens is 416 g/mol. The topological polar surface area (TPSA) is 134 Å². The van der Waals surface area contributed by atoms with Crippen molar-refractivity contribution < 1.29 is 34.1 Å². The lowest BCUT2D eigenvalue weighted by Gasteiger charge is -2.14. The number of fused-ring (bicyclic) bond motifs is 3. The van der Waals surface area contributed by atoms with Gasteiger partial charge in [-0.2, -0.15) is 0 Å². The lowest BCUT2D eigenvalue weighted by atomic mass is 9.98. The number of nitrogens with one attached hydrogen (secondary N) is 2. The van der Waals surface area contributed by atoms with E-state index in [1.807, 2.05) is 36.4 Å². The molecule has 3 rings (SSSR count). The monoisotopic (exact) mass is 442 g/mol. The molecule has 1 atom stereocenters. The van der Waals surface area contributed by atoms with Gasteiger partial charge in [-0.25, -0.2) is 9.59 Å². The van der Waals surface area contributed by atoms with Crippen LogP contribution in [0.15, 0.2) is 48.5 Å². The van der Waals surface area contributed by atoms with Crippen molar-refractivity contribution in [3.05, 3.63) is 59.7 Å². The number of hydrogen-bond acceptors (Lipinski definition) is 6. The van der Waals surface area contributed by atoms with Crippen LogP contribution in [0.25, 0.3) is 11.1 Å². The van der Waals surface area contributed by atoms with E-state index in [9.17, 15) is 14.4 Å². The summed E-state index contributed by atoms with van der Waals surface area (Å²) in [5.74, 6) is -1.87. The Morgan fingerprint density at radius 1 is 0.969 bits per heavy atom. The highest BCUT2D eigenvalue weighted by atomic mass is 16.5. The van der Waals surface area contributed by atoms with E-state index in [2.05, 4.69) is 22.8 Å². The van der Waals surface area contributed by atoms with Crippen LogP contribution in [0.5, 0.6) is 0 Å². The molecule has 2 amide bonds. The molecule has 0 spiro atoms. The summed E-state index contributed by atoms with van der Waals surface area (Å²) in [5, 5.41) is 22.4. The number of carboxylic acids is 1. The number of carbonyl (C=O) groups is 3. The predicted octanol–water partition coefficient (Wildman–Crippen LogP) is 1.49. The molecule has 170 valence electrons. The number of carbonyl (C=O) groups excluding carboxylic acids is 2. The second-order valence-corrected chi connectivity index (χ2v) is 7.26. The number of benzene rings is 2. The minimum atomic E-state index is -1.34. The van der Waals surface area contributed by atoms with Gasteiger partial charge in [0.05, 0.1) is 19.8 Å². The number of aliphatic hydroxyl groups is 1. The van der Waals surface area contributed by atoms with Crippen molar-refractivity contribution in [1.29, 1.82) is 0 Å². The highest BCUT2D eigenvalue weighted by molar-refractivity contribution is 5.83. The average molecular weight is 442 g/mol. The Morgan fingerprint density at radius 3 is 2.19 bits per heavy atom. The van der Waals surface area contributed by atoms with Crippen LogP contribution in [0.2, 0.25) is 0 Å². The minimum Gasteiger partial charge on any atom is -0.480 e. The number of amides is 2. The van der Waals surface area contributed by atoms with E-state index in [1.165, 1.54) is 0 Å². The fraction of sp³-hybridized carbons (Fsp3) is 0.348. The van der Waals surface area contributed by atoms with Crippen LogP contribution in [0.4, 0.5) is 4.79 Å². The molecule has 0 aliphatic heterocycles. The Kier molecular flexibility index (Phi) is 8.18. The van der Waals surface area contributed by atoms with Crippen LogP contribution in [0.1, 0.15) is 23.5 Å². The molecule has 9 nitrogen and oxygen atoms in total. The number of rotatable bonds is 11. The lowest BCUT2D eigenvalue weighted by molar-refractivity contribution is -0.143. The number of aliphatic hydroxyl groups excluding tert-OH is 1. The number of alkyl carbamates (subject to hydrolysis) is 1. The van der Waals surface area contributed by atoms with Gasteiger partial charge in [-0.3, -0.25) is 4.79 Å². The molecule has 0 bridgehead atoms. The molecule has 0 heterocycles. The maximum Gasteiger partial charge on any atom is 0.407 e. The van der Waals surface area contributed by atoms with Crippen molar-refractivity contribution in [2.45, 2.75) is 18.4 Å². The average Bonchev–Trinajstić information content (AvgIpc) is 3.12. The zero-order valence-corrected chi connectivity index (χ0v) is 17.5. The summed E-state index contributed by atoms with van der Waals surface area (Å²) in [6, 6.07) is 14.8. The predicted molar refractivity (Wildman–Crippen MR) is 115 cm³/mol. The number of carboxylic acid groups (broad SMARTS) is 1. The van der Waals surface area contributed by atoms with Crippen LogP contribution < -0.4 is 10.6 Å². The first kappa shape index (κ1) is 23.2. The maximum atomic E-state index is 12.1. The smallest absolute Gasteiger partial charge is 0.407 e. The molecule has 4 N–H and O–H groups in total. The first-order valence-electron chi connectivity index (χ1n) is 10.3. The molecule has 0 radical (unpaired) electrons. The third kappa shape index (κ3) is 5.83. The summed E-state index contributed by atoms with van der Waals surface area (Å²) in [4.78, 5) is 34.4. The maximum absolute atomic E-state index is 12.1. The molecule has 0 saturated heterocycles. The van der Waals surface area contributed by atoms with Crippen LogP contribution in [0, 0.1) is 0 Å².